The molecule has 6 nitrogen and oxygen atoms in total. The van der Waals surface area contributed by atoms with Crippen LogP contribution in [-0.2, 0) is 4.79 Å². The molecular formula is C9H9N3O3. The van der Waals surface area contributed by atoms with Gasteiger partial charge in [-0.2, -0.15) is 0 Å². The van der Waals surface area contributed by atoms with Crippen molar-refractivity contribution in [2.45, 2.75) is 0 Å². The maximum absolute atomic E-state index is 10.8. The molecule has 0 bridgehead atoms. The van der Waals surface area contributed by atoms with E-state index >= 15 is 0 Å². The summed E-state index contributed by atoms with van der Waals surface area (Å²) in [7, 11) is 0. The zero-order valence-corrected chi connectivity index (χ0v) is 7.70. The molecule has 78 valence electrons. The number of nitrogens with zero attached hydrogens (tertiary/aromatic N) is 2. The lowest BCUT2D eigenvalue weighted by molar-refractivity contribution is -0.122. The molecule has 1 amide bonds. The van der Waals surface area contributed by atoms with Gasteiger partial charge >= 0.3 is 0 Å². The summed E-state index contributed by atoms with van der Waals surface area (Å²) in [6.45, 7) is -0.250. The predicted octanol–water partition coefficient (Wildman–Crippen LogP) is 0.134. The Kier molecular flexibility index (Phi) is 3.39. The summed E-state index contributed by atoms with van der Waals surface area (Å²) >= 11 is 0. The third kappa shape index (κ3) is 2.31. The van der Waals surface area contributed by atoms with E-state index in [2.05, 4.69) is 4.98 Å². The average molecular weight is 207 g/mol. The molecule has 0 aliphatic carbocycles. The zero-order valence-electron chi connectivity index (χ0n) is 7.70. The first-order valence-corrected chi connectivity index (χ1v) is 4.00. The second-order valence-electron chi connectivity index (χ2n) is 2.54. The number of rotatable bonds is 1. The summed E-state index contributed by atoms with van der Waals surface area (Å²) in [6, 6.07) is 5.49. The van der Waals surface area contributed by atoms with E-state index in [9.17, 15) is 4.79 Å². The number of primary amides is 1. The van der Waals surface area contributed by atoms with Crippen LogP contribution in [0.25, 0.3) is 5.65 Å². The van der Waals surface area contributed by atoms with Crippen LogP contribution in [-0.4, -0.2) is 26.9 Å². The predicted molar refractivity (Wildman–Crippen MR) is 52.4 cm³/mol. The molecule has 3 N–H and O–H groups in total. The number of carbonyl (C=O) groups excluding carboxylic acids is 1. The largest absolute Gasteiger partial charge is 0.483 e. The Hall–Kier alpha value is -2.37. The third-order valence-corrected chi connectivity index (χ3v) is 1.67. The van der Waals surface area contributed by atoms with Crippen LogP contribution in [0, 0.1) is 0 Å². The molecule has 0 unspecified atom stereocenters. The van der Waals surface area contributed by atoms with E-state index in [-0.39, 0.29) is 6.47 Å². The number of amides is 1. The third-order valence-electron chi connectivity index (χ3n) is 1.67. The van der Waals surface area contributed by atoms with Gasteiger partial charge in [-0.3, -0.25) is 14.0 Å². The molecule has 2 rings (SSSR count). The highest BCUT2D eigenvalue weighted by molar-refractivity contribution is 5.91. The molecule has 0 aliphatic heterocycles. The van der Waals surface area contributed by atoms with Crippen molar-refractivity contribution in [1.82, 2.24) is 9.38 Å². The van der Waals surface area contributed by atoms with Gasteiger partial charge in [-0.15, -0.1) is 0 Å². The van der Waals surface area contributed by atoms with Gasteiger partial charge in [0.05, 0.1) is 6.20 Å². The fraction of sp³-hybridized carbons (Fsp3) is 0. The topological polar surface area (TPSA) is 97.7 Å². The number of imidazole rings is 1. The van der Waals surface area contributed by atoms with Crippen LogP contribution in [0.15, 0.2) is 30.6 Å². The smallest absolute Gasteiger partial charge is 0.290 e. The van der Waals surface area contributed by atoms with Crippen molar-refractivity contribution in [3.8, 4) is 0 Å². The number of nitrogens with two attached hydrogens (primary N) is 1. The number of carboxylic acid groups (broad SMARTS) is 1. The molecule has 2 aromatic rings. The van der Waals surface area contributed by atoms with Gasteiger partial charge in [-0.05, 0) is 12.1 Å². The van der Waals surface area contributed by atoms with Crippen LogP contribution in [0.5, 0.6) is 0 Å². The minimum Gasteiger partial charge on any atom is -0.483 e. The van der Waals surface area contributed by atoms with Gasteiger partial charge in [0.15, 0.2) is 0 Å². The fourth-order valence-electron chi connectivity index (χ4n) is 1.11. The minimum absolute atomic E-state index is 0.250. The number of hydrogen-bond donors (Lipinski definition) is 2. The molecule has 0 aromatic carbocycles. The standard InChI is InChI=1S/C8H7N3O.CH2O2/c9-8(12)6-5-10-7-3-1-2-4-11(6)7;2-1-3/h1-5H,(H2,9,12);1H,(H,2,3). The van der Waals surface area contributed by atoms with Crippen LogP contribution < -0.4 is 5.73 Å². The first-order chi connectivity index (χ1) is 7.20. The van der Waals surface area contributed by atoms with E-state index in [1.807, 2.05) is 18.2 Å². The molecule has 2 aromatic heterocycles. The maximum Gasteiger partial charge on any atom is 0.290 e. The van der Waals surface area contributed by atoms with Gasteiger partial charge in [0.25, 0.3) is 12.4 Å². The van der Waals surface area contributed by atoms with E-state index in [0.29, 0.717) is 5.69 Å². The molecular weight excluding hydrogens is 198 g/mol. The number of aromatic nitrogens is 2. The highest BCUT2D eigenvalue weighted by Crippen LogP contribution is 2.04. The average Bonchev–Trinajstić information content (AvgIpc) is 2.62. The van der Waals surface area contributed by atoms with Crippen molar-refractivity contribution >= 4 is 18.0 Å². The van der Waals surface area contributed by atoms with Gasteiger partial charge in [-0.1, -0.05) is 6.07 Å². The van der Waals surface area contributed by atoms with Gasteiger partial charge in [-0.25, -0.2) is 4.98 Å². The molecule has 2 heterocycles. The van der Waals surface area contributed by atoms with Gasteiger partial charge in [0, 0.05) is 6.20 Å². The van der Waals surface area contributed by atoms with E-state index in [1.54, 1.807) is 10.6 Å². The summed E-state index contributed by atoms with van der Waals surface area (Å²) in [4.78, 5) is 23.2. The molecule has 6 heteroatoms. The zero-order chi connectivity index (χ0) is 11.3. The van der Waals surface area contributed by atoms with Crippen molar-refractivity contribution in [2.24, 2.45) is 5.73 Å². The van der Waals surface area contributed by atoms with Crippen LogP contribution >= 0.6 is 0 Å². The molecule has 0 fully saturated rings. The molecule has 0 atom stereocenters. The van der Waals surface area contributed by atoms with Crippen LogP contribution in [0.3, 0.4) is 0 Å². The second-order valence-corrected chi connectivity index (χ2v) is 2.54. The summed E-state index contributed by atoms with van der Waals surface area (Å²) in [5.74, 6) is -0.464. The Morgan fingerprint density at radius 1 is 1.53 bits per heavy atom. The van der Waals surface area contributed by atoms with Crippen LogP contribution in [0.1, 0.15) is 10.5 Å². The number of fused-ring (bicyclic) bond motifs is 1. The monoisotopic (exact) mass is 207 g/mol. The van der Waals surface area contributed by atoms with E-state index < -0.39 is 5.91 Å². The van der Waals surface area contributed by atoms with E-state index in [1.165, 1.54) is 6.20 Å². The van der Waals surface area contributed by atoms with Crippen molar-refractivity contribution in [3.63, 3.8) is 0 Å². The number of carbonyl (C=O) groups is 2. The summed E-state index contributed by atoms with van der Waals surface area (Å²) in [5.41, 5.74) is 6.26. The first-order valence-electron chi connectivity index (χ1n) is 4.00. The Labute approximate surface area is 85.0 Å². The highest BCUT2D eigenvalue weighted by atomic mass is 16.3. The summed E-state index contributed by atoms with van der Waals surface area (Å²) in [5, 5.41) is 6.89. The van der Waals surface area contributed by atoms with Crippen molar-refractivity contribution in [2.75, 3.05) is 0 Å². The minimum atomic E-state index is -0.464. The van der Waals surface area contributed by atoms with Crippen molar-refractivity contribution in [3.05, 3.63) is 36.3 Å². The van der Waals surface area contributed by atoms with Crippen molar-refractivity contribution < 1.29 is 14.7 Å². The fourth-order valence-corrected chi connectivity index (χ4v) is 1.11. The Balaban J connectivity index is 0.000000337. The molecule has 0 saturated heterocycles. The quantitative estimate of drug-likeness (QED) is 0.649. The van der Waals surface area contributed by atoms with Crippen LogP contribution in [0.2, 0.25) is 0 Å². The lowest BCUT2D eigenvalue weighted by atomic mass is 10.4. The lowest BCUT2D eigenvalue weighted by Gasteiger charge is -1.94. The van der Waals surface area contributed by atoms with E-state index in [0.717, 1.165) is 5.65 Å². The van der Waals surface area contributed by atoms with E-state index in [4.69, 9.17) is 15.6 Å². The molecule has 15 heavy (non-hydrogen) atoms. The Morgan fingerprint density at radius 2 is 2.20 bits per heavy atom. The first kappa shape index (κ1) is 10.7. The molecule has 0 aliphatic rings. The lowest BCUT2D eigenvalue weighted by Crippen LogP contribution is -2.13. The Bertz CT molecular complexity index is 478. The molecule has 0 saturated carbocycles. The second kappa shape index (κ2) is 4.75. The van der Waals surface area contributed by atoms with Gasteiger partial charge in [0.1, 0.15) is 11.3 Å². The maximum atomic E-state index is 10.8. The number of hydrogen-bond acceptors (Lipinski definition) is 3. The SMILES string of the molecule is NC(=O)c1cnc2ccccn12.O=CO. The Morgan fingerprint density at radius 3 is 2.80 bits per heavy atom. The molecule has 0 spiro atoms. The molecule has 0 radical (unpaired) electrons. The summed E-state index contributed by atoms with van der Waals surface area (Å²) in [6.07, 6.45) is 3.22. The summed E-state index contributed by atoms with van der Waals surface area (Å²) < 4.78 is 1.66. The number of pyridine rings is 1. The van der Waals surface area contributed by atoms with Crippen molar-refractivity contribution in [1.29, 1.82) is 0 Å². The normalized spacial score (nSPS) is 9.07. The van der Waals surface area contributed by atoms with Gasteiger partial charge in [0.2, 0.25) is 0 Å². The highest BCUT2D eigenvalue weighted by Gasteiger charge is 2.05. The van der Waals surface area contributed by atoms with Crippen LogP contribution in [0.4, 0.5) is 0 Å². The van der Waals surface area contributed by atoms with Gasteiger partial charge < -0.3 is 10.8 Å².